The van der Waals surface area contributed by atoms with Crippen molar-refractivity contribution >= 4 is 46.8 Å². The molecular weight excluding hydrogens is 526 g/mol. The lowest BCUT2D eigenvalue weighted by Gasteiger charge is -2.29. The Morgan fingerprint density at radius 1 is 0.950 bits per heavy atom. The highest BCUT2D eigenvalue weighted by molar-refractivity contribution is 7.98. The lowest BCUT2D eigenvalue weighted by atomic mass is 10.1. The number of amides is 2. The molecule has 0 spiro atoms. The van der Waals surface area contributed by atoms with Crippen LogP contribution in [0.5, 0.6) is 0 Å². The zero-order valence-electron chi connectivity index (χ0n) is 21.9. The van der Waals surface area contributed by atoms with E-state index in [1.807, 2.05) is 12.1 Å². The number of nitrogens with zero attached hydrogens (tertiary/aromatic N) is 1. The number of anilines is 2. The summed E-state index contributed by atoms with van der Waals surface area (Å²) in [7, 11) is 0. The Labute approximate surface area is 237 Å². The maximum absolute atomic E-state index is 13.2. The zero-order chi connectivity index (χ0) is 28.5. The fourth-order valence-electron chi connectivity index (χ4n) is 4.36. The van der Waals surface area contributed by atoms with Crippen LogP contribution in [0, 0.1) is 5.41 Å². The summed E-state index contributed by atoms with van der Waals surface area (Å²) in [6.07, 6.45) is 5.78. The number of carbonyl (C=O) groups is 3. The van der Waals surface area contributed by atoms with E-state index in [-0.39, 0.29) is 22.9 Å². The third-order valence-corrected chi connectivity index (χ3v) is 7.51. The van der Waals surface area contributed by atoms with Crippen LogP contribution in [0.4, 0.5) is 11.4 Å². The van der Waals surface area contributed by atoms with Gasteiger partial charge in [-0.05, 0) is 91.7 Å². The van der Waals surface area contributed by atoms with Gasteiger partial charge in [0, 0.05) is 35.0 Å². The monoisotopic (exact) mass is 557 g/mol. The lowest BCUT2D eigenvalue weighted by molar-refractivity contribution is 0.0696. The van der Waals surface area contributed by atoms with Crippen molar-refractivity contribution in [3.63, 3.8) is 0 Å². The molecule has 206 valence electrons. The molecule has 0 bridgehead atoms. The first-order valence-electron chi connectivity index (χ1n) is 12.9. The normalized spacial score (nSPS) is 13.2. The first-order valence-corrected chi connectivity index (χ1v) is 13.9. The van der Waals surface area contributed by atoms with E-state index in [0.29, 0.717) is 17.0 Å². The fraction of sp³-hybridized carbons (Fsp3) is 0.200. The predicted molar refractivity (Wildman–Crippen MR) is 158 cm³/mol. The smallest absolute Gasteiger partial charge is 0.335 e. The summed E-state index contributed by atoms with van der Waals surface area (Å²) in [6, 6.07) is 19.2. The van der Waals surface area contributed by atoms with Crippen LogP contribution in [-0.2, 0) is 5.75 Å². The van der Waals surface area contributed by atoms with Gasteiger partial charge in [-0.25, -0.2) is 4.79 Å². The number of piperidine rings is 1. The number of thioether (sulfide) groups is 1. The molecule has 1 fully saturated rings. The van der Waals surface area contributed by atoms with Crippen LogP contribution in [0.15, 0.2) is 83.9 Å². The molecule has 0 aromatic heterocycles. The van der Waals surface area contributed by atoms with Crippen LogP contribution >= 0.6 is 11.8 Å². The minimum Gasteiger partial charge on any atom is -0.478 e. The molecule has 1 heterocycles. The molecule has 0 atom stereocenters. The van der Waals surface area contributed by atoms with Crippen molar-refractivity contribution in [1.29, 1.82) is 5.41 Å². The van der Waals surface area contributed by atoms with E-state index in [2.05, 4.69) is 15.5 Å². The Kier molecular flexibility index (Phi) is 9.58. The lowest BCUT2D eigenvalue weighted by Crippen LogP contribution is -2.32. The highest BCUT2D eigenvalue weighted by Gasteiger charge is 2.19. The van der Waals surface area contributed by atoms with Crippen molar-refractivity contribution in [1.82, 2.24) is 5.32 Å². The minimum absolute atomic E-state index is 0.157. The van der Waals surface area contributed by atoms with Gasteiger partial charge < -0.3 is 26.4 Å². The number of hydrogen-bond acceptors (Lipinski definition) is 7. The van der Waals surface area contributed by atoms with E-state index in [0.717, 1.165) is 42.1 Å². The molecule has 3 aromatic rings. The number of aromatic carboxylic acids is 1. The number of amidine groups is 1. The van der Waals surface area contributed by atoms with Crippen LogP contribution in [0.25, 0.3) is 0 Å². The number of nitrogens with two attached hydrogens (primary N) is 1. The number of hydrogen-bond donors (Lipinski definition) is 5. The maximum atomic E-state index is 13.2. The number of carboxylic acid groups (broad SMARTS) is 1. The third kappa shape index (κ3) is 7.51. The fourth-order valence-corrected chi connectivity index (χ4v) is 5.20. The Morgan fingerprint density at radius 2 is 1.70 bits per heavy atom. The number of carbonyl (C=O) groups excluding carboxylic acids is 2. The average Bonchev–Trinajstić information content (AvgIpc) is 2.97. The third-order valence-electron chi connectivity index (χ3n) is 6.42. The molecule has 6 N–H and O–H groups in total. The van der Waals surface area contributed by atoms with Gasteiger partial charge >= 0.3 is 5.97 Å². The quantitative estimate of drug-likeness (QED) is 0.140. The van der Waals surface area contributed by atoms with E-state index < -0.39 is 11.9 Å². The van der Waals surface area contributed by atoms with Crippen molar-refractivity contribution in [2.24, 2.45) is 5.73 Å². The summed E-state index contributed by atoms with van der Waals surface area (Å²) < 4.78 is 0. The minimum atomic E-state index is -0.970. The van der Waals surface area contributed by atoms with Gasteiger partial charge in [0.1, 0.15) is 5.84 Å². The first-order chi connectivity index (χ1) is 19.3. The highest BCUT2D eigenvalue weighted by Crippen LogP contribution is 2.27. The Bertz CT molecular complexity index is 1430. The van der Waals surface area contributed by atoms with E-state index in [4.69, 9.17) is 16.2 Å². The van der Waals surface area contributed by atoms with E-state index in [1.54, 1.807) is 54.6 Å². The summed E-state index contributed by atoms with van der Waals surface area (Å²) in [4.78, 5) is 40.5. The van der Waals surface area contributed by atoms with Crippen molar-refractivity contribution < 1.29 is 19.5 Å². The molecule has 0 radical (unpaired) electrons. The second-order valence-corrected chi connectivity index (χ2v) is 10.3. The molecule has 2 amide bonds. The molecular formula is C30H31N5O4S. The molecule has 0 unspecified atom stereocenters. The van der Waals surface area contributed by atoms with Gasteiger partial charge in [0.15, 0.2) is 0 Å². The molecule has 1 saturated heterocycles. The molecule has 0 saturated carbocycles. The van der Waals surface area contributed by atoms with Gasteiger partial charge in [-0.1, -0.05) is 12.1 Å². The number of carboxylic acids is 1. The van der Waals surface area contributed by atoms with Gasteiger partial charge in [0.05, 0.1) is 16.8 Å². The number of rotatable bonds is 9. The Morgan fingerprint density at radius 3 is 2.40 bits per heavy atom. The van der Waals surface area contributed by atoms with Crippen LogP contribution < -0.4 is 21.3 Å². The molecule has 4 rings (SSSR count). The summed E-state index contributed by atoms with van der Waals surface area (Å²) in [5, 5.41) is 22.3. The number of nitrogens with one attached hydrogen (secondary N) is 3. The van der Waals surface area contributed by atoms with Crippen molar-refractivity contribution in [3.8, 4) is 0 Å². The van der Waals surface area contributed by atoms with E-state index in [9.17, 15) is 14.4 Å². The molecule has 0 aliphatic carbocycles. The van der Waals surface area contributed by atoms with Gasteiger partial charge in [-0.15, -0.1) is 11.8 Å². The zero-order valence-corrected chi connectivity index (χ0v) is 22.7. The van der Waals surface area contributed by atoms with Gasteiger partial charge in [0.2, 0.25) is 0 Å². The molecule has 3 aromatic carbocycles. The van der Waals surface area contributed by atoms with Gasteiger partial charge in [0.25, 0.3) is 11.8 Å². The maximum Gasteiger partial charge on any atom is 0.335 e. The summed E-state index contributed by atoms with van der Waals surface area (Å²) in [5.41, 5.74) is 8.41. The molecule has 1 aliphatic rings. The van der Waals surface area contributed by atoms with Crippen LogP contribution in [0.3, 0.4) is 0 Å². The summed E-state index contributed by atoms with van der Waals surface area (Å²) >= 11 is 1.53. The topological polar surface area (TPSA) is 149 Å². The van der Waals surface area contributed by atoms with E-state index >= 15 is 0 Å². The highest BCUT2D eigenvalue weighted by atomic mass is 32.2. The number of benzene rings is 3. The second-order valence-electron chi connectivity index (χ2n) is 9.28. The second kappa shape index (κ2) is 13.5. The van der Waals surface area contributed by atoms with Crippen LogP contribution in [0.1, 0.15) is 55.9 Å². The van der Waals surface area contributed by atoms with Gasteiger partial charge in [-0.3, -0.25) is 15.0 Å². The van der Waals surface area contributed by atoms with Crippen molar-refractivity contribution in [2.75, 3.05) is 23.3 Å². The molecule has 10 heteroatoms. The Balaban J connectivity index is 1.50. The van der Waals surface area contributed by atoms with Crippen LogP contribution in [0.2, 0.25) is 0 Å². The Hall–Kier alpha value is -4.57. The van der Waals surface area contributed by atoms with E-state index in [1.165, 1.54) is 30.5 Å². The SMILES string of the molecule is N=C(/C=C\N)NC(=O)c1cc(N2CCCCC2)ccc1NC(=O)c1cccc(CSc2ccc(C(=O)O)cc2)c1. The van der Waals surface area contributed by atoms with Crippen molar-refractivity contribution in [3.05, 3.63) is 101 Å². The largest absolute Gasteiger partial charge is 0.478 e. The van der Waals surface area contributed by atoms with Crippen LogP contribution in [-0.4, -0.2) is 41.8 Å². The predicted octanol–water partition coefficient (Wildman–Crippen LogP) is 5.10. The molecule has 9 nitrogen and oxygen atoms in total. The summed E-state index contributed by atoms with van der Waals surface area (Å²) in [5.74, 6) is -1.42. The average molecular weight is 558 g/mol. The molecule has 1 aliphatic heterocycles. The molecule has 40 heavy (non-hydrogen) atoms. The standard InChI is InChI=1S/C30H31N5O4S/c31-14-13-27(32)34-29(37)25-18-23(35-15-2-1-3-16-35)9-12-26(25)33-28(36)22-6-4-5-20(17-22)19-40-24-10-7-21(8-11-24)30(38)39/h4-14,17-18H,1-3,15-16,19,31H2,(H,33,36)(H,38,39)(H2,32,34,37)/b14-13-. The first kappa shape index (κ1) is 28.4. The summed E-state index contributed by atoms with van der Waals surface area (Å²) in [6.45, 7) is 1.79. The van der Waals surface area contributed by atoms with Crippen molar-refractivity contribution in [2.45, 2.75) is 29.9 Å². The van der Waals surface area contributed by atoms with Gasteiger partial charge in [-0.2, -0.15) is 0 Å².